The number of halogens is 1. The topological polar surface area (TPSA) is 177 Å². The van der Waals surface area contributed by atoms with Crippen molar-refractivity contribution in [3.8, 4) is 5.75 Å². The van der Waals surface area contributed by atoms with E-state index in [1.807, 2.05) is 6.07 Å². The molecule has 0 bridgehead atoms. The normalized spacial score (nSPS) is 11.8. The molecule has 0 fully saturated rings. The second kappa shape index (κ2) is 13.8. The maximum absolute atomic E-state index is 13.6. The molecule has 0 aliphatic heterocycles. The smallest absolute Gasteiger partial charge is 0.447 e. The van der Waals surface area contributed by atoms with E-state index < -0.39 is 52.6 Å². The minimum atomic E-state index is -1.38. The van der Waals surface area contributed by atoms with Gasteiger partial charge in [-0.3, -0.25) is 19.0 Å². The van der Waals surface area contributed by atoms with Crippen LogP contribution >= 0.6 is 0 Å². The number of ether oxygens (including phenoxy) is 3. The van der Waals surface area contributed by atoms with Gasteiger partial charge in [-0.25, -0.2) is 14.2 Å². The molecule has 2 N–H and O–H groups in total. The van der Waals surface area contributed by atoms with Crippen molar-refractivity contribution in [1.29, 1.82) is 0 Å². The molecule has 45 heavy (non-hydrogen) atoms. The van der Waals surface area contributed by atoms with Crippen LogP contribution in [0.2, 0.25) is 0 Å². The molecule has 2 amide bonds. The summed E-state index contributed by atoms with van der Waals surface area (Å²) < 4.78 is 35.5. The van der Waals surface area contributed by atoms with Crippen LogP contribution in [0.15, 0.2) is 63.8 Å². The molecule has 0 aliphatic carbocycles. The van der Waals surface area contributed by atoms with E-state index >= 15 is 0 Å². The number of nitrogens with zero attached hydrogens (tertiary/aromatic N) is 4. The second-order valence-electron chi connectivity index (χ2n) is 10.3. The van der Waals surface area contributed by atoms with Gasteiger partial charge in [-0.15, -0.1) is 10.2 Å². The Kier molecular flexibility index (Phi) is 9.91. The minimum absolute atomic E-state index is 0.0350. The highest BCUT2D eigenvalue weighted by molar-refractivity contribution is 5.95. The van der Waals surface area contributed by atoms with Crippen molar-refractivity contribution >= 4 is 18.0 Å². The van der Waals surface area contributed by atoms with Crippen LogP contribution in [0, 0.1) is 12.7 Å². The molecule has 0 spiro atoms. The summed E-state index contributed by atoms with van der Waals surface area (Å²) in [5, 5.41) is 12.6. The molecule has 0 saturated carbocycles. The van der Waals surface area contributed by atoms with Crippen LogP contribution in [0.1, 0.15) is 64.8 Å². The molecule has 15 heteroatoms. The fourth-order valence-corrected chi connectivity index (χ4v) is 4.13. The predicted molar refractivity (Wildman–Crippen MR) is 154 cm³/mol. The van der Waals surface area contributed by atoms with E-state index in [0.29, 0.717) is 5.56 Å². The van der Waals surface area contributed by atoms with Crippen LogP contribution in [0.5, 0.6) is 5.75 Å². The van der Waals surface area contributed by atoms with Gasteiger partial charge in [-0.05, 0) is 37.1 Å². The molecular formula is C30H31FN6O8. The predicted octanol–water partition coefficient (Wildman–Crippen LogP) is 3.28. The molecule has 2 heterocycles. The van der Waals surface area contributed by atoms with Crippen molar-refractivity contribution in [1.82, 2.24) is 30.4 Å². The van der Waals surface area contributed by atoms with Gasteiger partial charge in [0.1, 0.15) is 18.2 Å². The molecule has 4 aromatic rings. The molecule has 2 aromatic carbocycles. The first kappa shape index (κ1) is 32.3. The van der Waals surface area contributed by atoms with E-state index in [2.05, 4.69) is 25.8 Å². The first-order chi connectivity index (χ1) is 21.3. The Morgan fingerprint density at radius 3 is 2.36 bits per heavy atom. The van der Waals surface area contributed by atoms with Crippen molar-refractivity contribution < 1.29 is 37.4 Å². The molecule has 14 nitrogen and oxygen atoms in total. The number of aromatic nitrogens is 4. The van der Waals surface area contributed by atoms with Crippen LogP contribution in [0.4, 0.5) is 9.18 Å². The average molecular weight is 623 g/mol. The highest BCUT2D eigenvalue weighted by Gasteiger charge is 2.34. The summed E-state index contributed by atoms with van der Waals surface area (Å²) in [4.78, 5) is 56.5. The summed E-state index contributed by atoms with van der Waals surface area (Å²) in [5.74, 6) is -2.73. The molecule has 236 valence electrons. The van der Waals surface area contributed by atoms with Crippen LogP contribution in [0.25, 0.3) is 0 Å². The number of nitrogens with one attached hydrogen (secondary N) is 2. The van der Waals surface area contributed by atoms with E-state index in [1.54, 1.807) is 38.1 Å². The Labute approximate surface area is 256 Å². The molecular weight excluding hydrogens is 591 g/mol. The van der Waals surface area contributed by atoms with E-state index in [4.69, 9.17) is 18.6 Å². The maximum Gasteiger partial charge on any atom is 0.511 e. The summed E-state index contributed by atoms with van der Waals surface area (Å²) in [7, 11) is 1.36. The van der Waals surface area contributed by atoms with Crippen LogP contribution in [-0.2, 0) is 35.2 Å². The number of rotatable bonds is 11. The SMILES string of the molecule is Cc1nnc(C(=O)NC(C)(C)c2nc(C(=O)NCc3ccc(F)cc3)c(OC(C)OC(=O)OCc3ccccc3)c(=O)n2C)o1. The van der Waals surface area contributed by atoms with Crippen molar-refractivity contribution in [2.75, 3.05) is 0 Å². The lowest BCUT2D eigenvalue weighted by molar-refractivity contribution is -0.0565. The fourth-order valence-electron chi connectivity index (χ4n) is 4.13. The minimum Gasteiger partial charge on any atom is -0.447 e. The standard InChI is InChI=1S/C30H31FN6O8/c1-17-35-36-26(43-17)25(39)34-30(3,4)28-33-22(24(38)32-15-19-11-13-21(31)14-12-19)23(27(40)37(28)5)44-18(2)45-29(41)42-16-20-9-7-6-8-10-20/h6-14,18H,15-16H2,1-5H3,(H,32,38)(H,34,39). The van der Waals surface area contributed by atoms with Gasteiger partial charge in [0.05, 0.1) is 5.54 Å². The van der Waals surface area contributed by atoms with E-state index in [9.17, 15) is 23.6 Å². The molecule has 1 atom stereocenters. The fraction of sp³-hybridized carbons (Fsp3) is 0.300. The Bertz CT molecular complexity index is 1740. The van der Waals surface area contributed by atoms with Gasteiger partial charge >= 0.3 is 18.0 Å². The Balaban J connectivity index is 1.60. The van der Waals surface area contributed by atoms with Gasteiger partial charge in [0, 0.05) is 27.4 Å². The van der Waals surface area contributed by atoms with Crippen LogP contribution < -0.4 is 20.9 Å². The average Bonchev–Trinajstić information content (AvgIpc) is 3.44. The zero-order valence-electron chi connectivity index (χ0n) is 25.1. The van der Waals surface area contributed by atoms with Gasteiger partial charge in [-0.2, -0.15) is 0 Å². The zero-order chi connectivity index (χ0) is 32.7. The van der Waals surface area contributed by atoms with Gasteiger partial charge in [-0.1, -0.05) is 42.5 Å². The third-order valence-corrected chi connectivity index (χ3v) is 6.28. The highest BCUT2D eigenvalue weighted by atomic mass is 19.1. The summed E-state index contributed by atoms with van der Waals surface area (Å²) in [6.07, 6.45) is -2.46. The number of benzene rings is 2. The summed E-state index contributed by atoms with van der Waals surface area (Å²) in [6, 6.07) is 14.3. The van der Waals surface area contributed by atoms with Gasteiger partial charge in [0.25, 0.3) is 11.5 Å². The Hall–Kier alpha value is -5.60. The number of hydrogen-bond donors (Lipinski definition) is 2. The molecule has 0 saturated heterocycles. The largest absolute Gasteiger partial charge is 0.511 e. The number of carbonyl (C=O) groups excluding carboxylic acids is 3. The Morgan fingerprint density at radius 1 is 1.02 bits per heavy atom. The van der Waals surface area contributed by atoms with Crippen molar-refractivity contribution in [2.24, 2.45) is 7.05 Å². The van der Waals surface area contributed by atoms with E-state index in [-0.39, 0.29) is 30.8 Å². The Morgan fingerprint density at radius 2 is 1.71 bits per heavy atom. The summed E-state index contributed by atoms with van der Waals surface area (Å²) in [5.41, 5.74) is -1.35. The van der Waals surface area contributed by atoms with Crippen molar-refractivity contribution in [2.45, 2.75) is 52.7 Å². The van der Waals surface area contributed by atoms with Crippen molar-refractivity contribution in [3.63, 3.8) is 0 Å². The first-order valence-corrected chi connectivity index (χ1v) is 13.6. The molecule has 1 unspecified atom stereocenters. The lowest BCUT2D eigenvalue weighted by Gasteiger charge is -2.28. The highest BCUT2D eigenvalue weighted by Crippen LogP contribution is 2.22. The van der Waals surface area contributed by atoms with Gasteiger partial charge in [0.2, 0.25) is 17.9 Å². The quantitative estimate of drug-likeness (QED) is 0.185. The number of aryl methyl sites for hydroxylation is 1. The van der Waals surface area contributed by atoms with Gasteiger partial charge < -0.3 is 29.3 Å². The monoisotopic (exact) mass is 622 g/mol. The van der Waals surface area contributed by atoms with Crippen LogP contribution in [0.3, 0.4) is 0 Å². The lowest BCUT2D eigenvalue weighted by atomic mass is 10.0. The molecule has 2 aromatic heterocycles. The first-order valence-electron chi connectivity index (χ1n) is 13.6. The summed E-state index contributed by atoms with van der Waals surface area (Å²) >= 11 is 0. The third kappa shape index (κ3) is 8.28. The number of amides is 2. The molecule has 0 radical (unpaired) electrons. The van der Waals surface area contributed by atoms with Crippen LogP contribution in [-0.4, -0.2) is 44.0 Å². The van der Waals surface area contributed by atoms with Crippen molar-refractivity contribution in [3.05, 3.63) is 105 Å². The van der Waals surface area contributed by atoms with Gasteiger partial charge in [0.15, 0.2) is 5.69 Å². The second-order valence-corrected chi connectivity index (χ2v) is 10.3. The van der Waals surface area contributed by atoms with E-state index in [0.717, 1.165) is 10.1 Å². The number of hydrogen-bond acceptors (Lipinski definition) is 11. The number of carbonyl (C=O) groups is 3. The molecule has 0 aliphatic rings. The lowest BCUT2D eigenvalue weighted by Crippen LogP contribution is -2.46. The van der Waals surface area contributed by atoms with E-state index in [1.165, 1.54) is 45.2 Å². The zero-order valence-corrected chi connectivity index (χ0v) is 25.1. The molecule has 4 rings (SSSR count). The maximum atomic E-state index is 13.6. The summed E-state index contributed by atoms with van der Waals surface area (Å²) in [6.45, 7) is 5.83. The third-order valence-electron chi connectivity index (χ3n) is 6.28.